The number of allylic oxidation sites excluding steroid dienone is 3. The average molecular weight is 371 g/mol. The quantitative estimate of drug-likeness (QED) is 0.421. The molecule has 0 rings (SSSR count). The molecule has 0 spiro atoms. The van der Waals surface area contributed by atoms with Gasteiger partial charge in [0.2, 0.25) is 0 Å². The monoisotopic (exact) mass is 372 g/mol. The van der Waals surface area contributed by atoms with Crippen LogP contribution in [0.2, 0.25) is 13.3 Å². The molecule has 0 bridgehead atoms. The predicted molar refractivity (Wildman–Crippen MR) is 85.6 cm³/mol. The van der Waals surface area contributed by atoms with E-state index in [1.807, 2.05) is 27.7 Å². The van der Waals surface area contributed by atoms with E-state index in [4.69, 9.17) is 3.07 Å². The molecule has 2 nitrogen and oxygen atoms in total. The van der Waals surface area contributed by atoms with Crippen molar-refractivity contribution < 1.29 is 7.87 Å². The predicted octanol–water partition coefficient (Wildman–Crippen LogP) is 5.00. The van der Waals surface area contributed by atoms with Crippen LogP contribution in [-0.2, 0) is 7.87 Å². The first-order chi connectivity index (χ1) is 8.70. The van der Waals surface area contributed by atoms with Crippen LogP contribution >= 0.6 is 0 Å². The molecule has 0 radical (unpaired) electrons. The summed E-state index contributed by atoms with van der Waals surface area (Å²) in [6.07, 6.45) is 1.33. The van der Waals surface area contributed by atoms with Gasteiger partial charge in [-0.25, -0.2) is 0 Å². The van der Waals surface area contributed by atoms with Gasteiger partial charge < -0.3 is 0 Å². The first-order valence-corrected chi connectivity index (χ1v) is 14.1. The van der Waals surface area contributed by atoms with Crippen LogP contribution in [0.15, 0.2) is 36.5 Å². The maximum atomic E-state index is 11.9. The normalized spacial score (nSPS) is 10.9. The molecule has 0 aromatic heterocycles. The number of rotatable bonds is 9. The Labute approximate surface area is 123 Å². The Morgan fingerprint density at radius 1 is 0.947 bits per heavy atom. The Bertz CT molecular complexity index is 328. The fourth-order valence-electron chi connectivity index (χ4n) is 2.44. The summed E-state index contributed by atoms with van der Waals surface area (Å²) in [6, 6.07) is 0. The summed E-state index contributed by atoms with van der Waals surface area (Å²) in [5.41, 5.74) is 3.30. The molecule has 0 saturated heterocycles. The molecule has 0 aliphatic heterocycles. The third-order valence-corrected chi connectivity index (χ3v) is 15.2. The van der Waals surface area contributed by atoms with Gasteiger partial charge in [-0.2, -0.15) is 0 Å². The number of hydrogen-bond donors (Lipinski definition) is 0. The number of carbonyl (C=O) groups excluding carboxylic acids is 1. The van der Waals surface area contributed by atoms with E-state index in [2.05, 4.69) is 19.7 Å². The summed E-state index contributed by atoms with van der Waals surface area (Å²) < 4.78 is 8.59. The Kier molecular flexibility index (Phi) is 8.39. The van der Waals surface area contributed by atoms with Gasteiger partial charge in [-0.3, -0.25) is 0 Å². The van der Waals surface area contributed by atoms with Crippen molar-refractivity contribution in [2.75, 3.05) is 0 Å². The van der Waals surface area contributed by atoms with E-state index in [0.717, 1.165) is 36.5 Å². The standard InChI is InChI=1S/C4H8O2.3C4H7.Sn/c1-2-3-4(5)6;3*1-4(2)3;/h2-3H2,1H3,(H,5,6);3*1-2H2,3H3;/q;;;;+1/p-1. The molecule has 0 unspecified atom stereocenters. The van der Waals surface area contributed by atoms with Crippen LogP contribution in [0.3, 0.4) is 0 Å². The molecule has 0 fully saturated rings. The topological polar surface area (TPSA) is 26.3 Å². The zero-order chi connectivity index (χ0) is 15.1. The second-order valence-corrected chi connectivity index (χ2v) is 16.2. The van der Waals surface area contributed by atoms with Gasteiger partial charge >= 0.3 is 123 Å². The Morgan fingerprint density at radius 3 is 1.58 bits per heavy atom. The third kappa shape index (κ3) is 8.30. The number of hydrogen-bond acceptors (Lipinski definition) is 2. The van der Waals surface area contributed by atoms with Gasteiger partial charge in [-0.1, -0.05) is 0 Å². The SMILES string of the molecule is C=C(C)[CH2][Sn]([CH2]C(=C)C)([CH2]C(=C)C)[O]C(=O)CCC. The maximum absolute atomic E-state index is 11.9. The summed E-state index contributed by atoms with van der Waals surface area (Å²) in [5.74, 6) is -0.0537. The minimum atomic E-state index is -3.09. The molecule has 0 amide bonds. The van der Waals surface area contributed by atoms with Crippen LogP contribution in [0, 0.1) is 0 Å². The number of carbonyl (C=O) groups is 1. The molecule has 0 aliphatic carbocycles. The van der Waals surface area contributed by atoms with E-state index in [1.54, 1.807) is 0 Å². The molecule has 108 valence electrons. The van der Waals surface area contributed by atoms with Crippen LogP contribution in [0.5, 0.6) is 0 Å². The summed E-state index contributed by atoms with van der Waals surface area (Å²) in [4.78, 5) is 11.9. The second kappa shape index (κ2) is 8.62. The van der Waals surface area contributed by atoms with Crippen molar-refractivity contribution in [1.82, 2.24) is 0 Å². The van der Waals surface area contributed by atoms with E-state index in [1.165, 1.54) is 0 Å². The molecule has 3 heteroatoms. The molecule has 0 aromatic rings. The summed E-state index contributed by atoms with van der Waals surface area (Å²) in [5, 5.41) is 0. The van der Waals surface area contributed by atoms with E-state index < -0.39 is 18.8 Å². The van der Waals surface area contributed by atoms with Crippen molar-refractivity contribution in [1.29, 1.82) is 0 Å². The van der Waals surface area contributed by atoms with E-state index in [0.29, 0.717) is 6.42 Å². The second-order valence-electron chi connectivity index (χ2n) is 5.81. The van der Waals surface area contributed by atoms with Gasteiger partial charge in [-0.05, 0) is 0 Å². The van der Waals surface area contributed by atoms with Gasteiger partial charge in [-0.15, -0.1) is 0 Å². The summed E-state index contributed by atoms with van der Waals surface area (Å²) in [6.45, 7) is 20.1. The molecule has 0 aromatic carbocycles. The van der Waals surface area contributed by atoms with Crippen molar-refractivity contribution in [3.63, 3.8) is 0 Å². The minimum absolute atomic E-state index is 0.0537. The first kappa shape index (κ1) is 18.5. The molecule has 0 atom stereocenters. The van der Waals surface area contributed by atoms with E-state index in [9.17, 15) is 4.79 Å². The summed E-state index contributed by atoms with van der Waals surface area (Å²) in [7, 11) is 0. The Morgan fingerprint density at radius 2 is 1.32 bits per heavy atom. The Hall–Kier alpha value is -0.511. The molecule has 19 heavy (non-hydrogen) atoms. The fraction of sp³-hybridized carbons (Fsp3) is 0.562. The van der Waals surface area contributed by atoms with Crippen LogP contribution in [-0.4, -0.2) is 24.8 Å². The Balaban J connectivity index is 5.20. The molecule has 0 saturated carbocycles. The molecule has 0 N–H and O–H groups in total. The zero-order valence-electron chi connectivity index (χ0n) is 13.0. The molecule has 0 aliphatic rings. The molecular weight excluding hydrogens is 343 g/mol. The average Bonchev–Trinajstić information content (AvgIpc) is 2.12. The van der Waals surface area contributed by atoms with Crippen molar-refractivity contribution in [3.05, 3.63) is 36.5 Å². The van der Waals surface area contributed by atoms with Crippen molar-refractivity contribution in [2.45, 2.75) is 53.8 Å². The van der Waals surface area contributed by atoms with Crippen LogP contribution in [0.25, 0.3) is 0 Å². The van der Waals surface area contributed by atoms with Gasteiger partial charge in [0, 0.05) is 0 Å². The fourth-order valence-corrected chi connectivity index (χ4v) is 15.2. The van der Waals surface area contributed by atoms with Crippen LogP contribution in [0.1, 0.15) is 40.5 Å². The zero-order valence-corrected chi connectivity index (χ0v) is 15.8. The van der Waals surface area contributed by atoms with Crippen LogP contribution < -0.4 is 0 Å². The third-order valence-electron chi connectivity index (χ3n) is 2.66. The molecule has 0 heterocycles. The van der Waals surface area contributed by atoms with Gasteiger partial charge in [0.15, 0.2) is 0 Å². The van der Waals surface area contributed by atoms with Gasteiger partial charge in [0.25, 0.3) is 0 Å². The summed E-state index contributed by atoms with van der Waals surface area (Å²) >= 11 is -3.09. The van der Waals surface area contributed by atoms with Crippen molar-refractivity contribution in [2.24, 2.45) is 0 Å². The van der Waals surface area contributed by atoms with Gasteiger partial charge in [0.05, 0.1) is 0 Å². The van der Waals surface area contributed by atoms with E-state index >= 15 is 0 Å². The molecular formula is C16H28O2Sn. The van der Waals surface area contributed by atoms with Crippen LogP contribution in [0.4, 0.5) is 0 Å². The van der Waals surface area contributed by atoms with E-state index in [-0.39, 0.29) is 5.97 Å². The van der Waals surface area contributed by atoms with Gasteiger partial charge in [0.1, 0.15) is 0 Å². The van der Waals surface area contributed by atoms with Crippen molar-refractivity contribution >= 4 is 24.8 Å². The van der Waals surface area contributed by atoms with Crippen molar-refractivity contribution in [3.8, 4) is 0 Å². The first-order valence-electron chi connectivity index (χ1n) is 6.86.